The van der Waals surface area contributed by atoms with Gasteiger partial charge in [-0.2, -0.15) is 0 Å². The third-order valence-corrected chi connectivity index (χ3v) is 5.04. The highest BCUT2D eigenvalue weighted by Crippen LogP contribution is 2.32. The molecule has 3 aliphatic rings. The Morgan fingerprint density at radius 3 is 3.00 bits per heavy atom. The molecule has 6 heteroatoms. The van der Waals surface area contributed by atoms with Gasteiger partial charge in [0.1, 0.15) is 5.82 Å². The SMILES string of the molecule is O=C(N[C@H]1CCc2nccn2C1)[C@@H]1CC(=O)N(CC2CC2)C1. The molecule has 4 rings (SSSR count). The van der Waals surface area contributed by atoms with E-state index in [0.29, 0.717) is 18.9 Å². The standard InChI is InChI=1S/C16H22N4O2/c21-15-7-12(9-20(15)8-11-1-2-11)16(22)18-13-3-4-14-17-5-6-19(14)10-13/h5-6,11-13H,1-4,7-10H2,(H,18,22)/t12-,13+/m1/s1. The molecular formula is C16H22N4O2. The van der Waals surface area contributed by atoms with Crippen molar-refractivity contribution < 1.29 is 9.59 Å². The molecular weight excluding hydrogens is 280 g/mol. The van der Waals surface area contributed by atoms with Gasteiger partial charge >= 0.3 is 0 Å². The maximum Gasteiger partial charge on any atom is 0.225 e. The fraction of sp³-hybridized carbons (Fsp3) is 0.688. The van der Waals surface area contributed by atoms with Gasteiger partial charge in [-0.1, -0.05) is 0 Å². The molecule has 0 spiro atoms. The van der Waals surface area contributed by atoms with Crippen LogP contribution in [-0.4, -0.2) is 45.4 Å². The lowest BCUT2D eigenvalue weighted by Gasteiger charge is -2.26. The summed E-state index contributed by atoms with van der Waals surface area (Å²) in [6, 6.07) is 0.154. The van der Waals surface area contributed by atoms with E-state index in [1.807, 2.05) is 17.3 Å². The summed E-state index contributed by atoms with van der Waals surface area (Å²) >= 11 is 0. The van der Waals surface area contributed by atoms with Crippen LogP contribution in [0.5, 0.6) is 0 Å². The molecule has 2 fully saturated rings. The molecule has 1 aliphatic carbocycles. The van der Waals surface area contributed by atoms with Gasteiger partial charge in [0.05, 0.1) is 5.92 Å². The summed E-state index contributed by atoms with van der Waals surface area (Å²) in [4.78, 5) is 30.6. The van der Waals surface area contributed by atoms with Crippen LogP contribution in [0.25, 0.3) is 0 Å². The average Bonchev–Trinajstić information content (AvgIpc) is 3.06. The summed E-state index contributed by atoms with van der Waals surface area (Å²) in [7, 11) is 0. The Morgan fingerprint density at radius 1 is 1.32 bits per heavy atom. The molecule has 1 saturated heterocycles. The molecule has 2 amide bonds. The Bertz CT molecular complexity index is 593. The van der Waals surface area contributed by atoms with Crippen molar-refractivity contribution in [2.45, 2.75) is 44.7 Å². The van der Waals surface area contributed by atoms with Crippen LogP contribution in [0.1, 0.15) is 31.5 Å². The van der Waals surface area contributed by atoms with Crippen LogP contribution >= 0.6 is 0 Å². The zero-order valence-electron chi connectivity index (χ0n) is 12.7. The van der Waals surface area contributed by atoms with Gasteiger partial charge in [0, 0.05) is 50.9 Å². The maximum absolute atomic E-state index is 12.4. The molecule has 0 aromatic carbocycles. The van der Waals surface area contributed by atoms with Crippen molar-refractivity contribution in [3.8, 4) is 0 Å². The van der Waals surface area contributed by atoms with Crippen LogP contribution in [0.4, 0.5) is 0 Å². The van der Waals surface area contributed by atoms with Gasteiger partial charge in [0.15, 0.2) is 0 Å². The zero-order valence-corrected chi connectivity index (χ0v) is 12.7. The van der Waals surface area contributed by atoms with E-state index in [2.05, 4.69) is 14.9 Å². The number of imidazole rings is 1. The number of nitrogens with one attached hydrogen (secondary N) is 1. The topological polar surface area (TPSA) is 67.2 Å². The van der Waals surface area contributed by atoms with Gasteiger partial charge in [-0.25, -0.2) is 4.98 Å². The van der Waals surface area contributed by atoms with Gasteiger partial charge in [-0.05, 0) is 25.2 Å². The van der Waals surface area contributed by atoms with E-state index in [1.54, 1.807) is 0 Å². The second kappa shape index (κ2) is 5.41. The predicted octanol–water partition coefficient (Wildman–Crippen LogP) is 0.573. The third kappa shape index (κ3) is 2.74. The molecule has 0 bridgehead atoms. The molecule has 22 heavy (non-hydrogen) atoms. The minimum Gasteiger partial charge on any atom is -0.351 e. The number of carbonyl (C=O) groups is 2. The monoisotopic (exact) mass is 302 g/mol. The normalized spacial score (nSPS) is 27.8. The van der Waals surface area contributed by atoms with Crippen molar-refractivity contribution in [2.24, 2.45) is 11.8 Å². The summed E-state index contributed by atoms with van der Waals surface area (Å²) in [5.74, 6) is 1.80. The molecule has 1 aromatic rings. The molecule has 1 saturated carbocycles. The van der Waals surface area contributed by atoms with Gasteiger partial charge in [0.25, 0.3) is 0 Å². The fourth-order valence-corrected chi connectivity index (χ4v) is 3.54. The van der Waals surface area contributed by atoms with Gasteiger partial charge < -0.3 is 14.8 Å². The number of amides is 2. The number of rotatable bonds is 4. The van der Waals surface area contributed by atoms with Crippen molar-refractivity contribution in [1.29, 1.82) is 0 Å². The van der Waals surface area contributed by atoms with Crippen LogP contribution in [-0.2, 0) is 22.6 Å². The number of nitrogens with zero attached hydrogens (tertiary/aromatic N) is 3. The molecule has 1 aromatic heterocycles. The van der Waals surface area contributed by atoms with Gasteiger partial charge in [-0.15, -0.1) is 0 Å². The highest BCUT2D eigenvalue weighted by Gasteiger charge is 2.37. The lowest BCUT2D eigenvalue weighted by Crippen LogP contribution is -2.44. The molecule has 1 N–H and O–H groups in total. The van der Waals surface area contributed by atoms with Crippen molar-refractivity contribution in [3.05, 3.63) is 18.2 Å². The Labute approximate surface area is 129 Å². The van der Waals surface area contributed by atoms with E-state index in [1.165, 1.54) is 12.8 Å². The Balaban J connectivity index is 1.32. The first kappa shape index (κ1) is 13.8. The molecule has 6 nitrogen and oxygen atoms in total. The van der Waals surface area contributed by atoms with Crippen LogP contribution < -0.4 is 5.32 Å². The van der Waals surface area contributed by atoms with Crippen molar-refractivity contribution in [2.75, 3.05) is 13.1 Å². The number of carbonyl (C=O) groups excluding carboxylic acids is 2. The number of fused-ring (bicyclic) bond motifs is 1. The van der Waals surface area contributed by atoms with E-state index in [4.69, 9.17) is 0 Å². The highest BCUT2D eigenvalue weighted by molar-refractivity contribution is 5.89. The largest absolute Gasteiger partial charge is 0.351 e. The van der Waals surface area contributed by atoms with Crippen LogP contribution in [0.2, 0.25) is 0 Å². The Morgan fingerprint density at radius 2 is 2.18 bits per heavy atom. The Hall–Kier alpha value is -1.85. The van der Waals surface area contributed by atoms with Crippen LogP contribution in [0.15, 0.2) is 12.4 Å². The summed E-state index contributed by atoms with van der Waals surface area (Å²) in [6.45, 7) is 2.24. The minimum absolute atomic E-state index is 0.0419. The van der Waals surface area contributed by atoms with Crippen LogP contribution in [0, 0.1) is 11.8 Å². The Kier molecular flexibility index (Phi) is 3.39. The number of likely N-dealkylation sites (tertiary alicyclic amines) is 1. The fourth-order valence-electron chi connectivity index (χ4n) is 3.54. The molecule has 118 valence electrons. The predicted molar refractivity (Wildman–Crippen MR) is 79.9 cm³/mol. The second-order valence-electron chi connectivity index (χ2n) is 6.88. The van der Waals surface area contributed by atoms with E-state index in [9.17, 15) is 9.59 Å². The first-order valence-electron chi connectivity index (χ1n) is 8.27. The summed E-state index contributed by atoms with van der Waals surface area (Å²) in [5.41, 5.74) is 0. The average molecular weight is 302 g/mol. The zero-order chi connectivity index (χ0) is 15.1. The number of hydrogen-bond acceptors (Lipinski definition) is 3. The van der Waals surface area contributed by atoms with E-state index >= 15 is 0 Å². The summed E-state index contributed by atoms with van der Waals surface area (Å²) in [5, 5.41) is 3.14. The summed E-state index contributed by atoms with van der Waals surface area (Å²) in [6.07, 6.45) is 8.44. The molecule has 2 aliphatic heterocycles. The number of aryl methyl sites for hydroxylation is 1. The smallest absolute Gasteiger partial charge is 0.225 e. The first-order valence-corrected chi connectivity index (χ1v) is 8.27. The highest BCUT2D eigenvalue weighted by atomic mass is 16.2. The van der Waals surface area contributed by atoms with E-state index in [0.717, 1.165) is 31.8 Å². The van der Waals surface area contributed by atoms with E-state index < -0.39 is 0 Å². The molecule has 3 heterocycles. The summed E-state index contributed by atoms with van der Waals surface area (Å²) < 4.78 is 2.10. The molecule has 2 atom stereocenters. The number of aromatic nitrogens is 2. The lowest BCUT2D eigenvalue weighted by molar-refractivity contribution is -0.129. The van der Waals surface area contributed by atoms with Crippen molar-refractivity contribution in [3.63, 3.8) is 0 Å². The van der Waals surface area contributed by atoms with Crippen LogP contribution in [0.3, 0.4) is 0 Å². The van der Waals surface area contributed by atoms with E-state index in [-0.39, 0.29) is 23.8 Å². The quantitative estimate of drug-likeness (QED) is 0.884. The maximum atomic E-state index is 12.4. The second-order valence-corrected chi connectivity index (χ2v) is 6.88. The molecule has 0 unspecified atom stereocenters. The van der Waals surface area contributed by atoms with Gasteiger partial charge in [0.2, 0.25) is 11.8 Å². The minimum atomic E-state index is -0.171. The lowest BCUT2D eigenvalue weighted by atomic mass is 10.0. The van der Waals surface area contributed by atoms with Crippen molar-refractivity contribution in [1.82, 2.24) is 19.8 Å². The van der Waals surface area contributed by atoms with Gasteiger partial charge in [-0.3, -0.25) is 9.59 Å². The van der Waals surface area contributed by atoms with Crippen molar-refractivity contribution >= 4 is 11.8 Å². The number of hydrogen-bond donors (Lipinski definition) is 1. The molecule has 0 radical (unpaired) electrons. The third-order valence-electron chi connectivity index (χ3n) is 5.04. The first-order chi connectivity index (χ1) is 10.7.